The van der Waals surface area contributed by atoms with Gasteiger partial charge in [-0.1, -0.05) is 41.9 Å². The summed E-state index contributed by atoms with van der Waals surface area (Å²) in [5.74, 6) is 0.204. The molecule has 2 atom stereocenters. The van der Waals surface area contributed by atoms with E-state index in [1.165, 1.54) is 0 Å². The van der Waals surface area contributed by atoms with Gasteiger partial charge in [-0.3, -0.25) is 4.79 Å². The number of carbonyl (C=O) groups excluding carboxylic acids is 1. The van der Waals surface area contributed by atoms with Crippen LogP contribution in [0.2, 0.25) is 0 Å². The van der Waals surface area contributed by atoms with Gasteiger partial charge in [-0.25, -0.2) is 0 Å². The monoisotopic (exact) mass is 283 g/mol. The van der Waals surface area contributed by atoms with Crippen molar-refractivity contribution in [2.24, 2.45) is 5.92 Å². The molecule has 0 radical (unpaired) electrons. The Labute approximate surface area is 106 Å². The lowest BCUT2D eigenvalue weighted by atomic mass is 10.1. The first-order chi connectivity index (χ1) is 7.54. The van der Waals surface area contributed by atoms with E-state index in [1.54, 1.807) is 0 Å². The van der Waals surface area contributed by atoms with Gasteiger partial charge in [0.2, 0.25) is 5.91 Å². The smallest absolute Gasteiger partial charge is 0.223 e. The van der Waals surface area contributed by atoms with Crippen LogP contribution < -0.4 is 5.32 Å². The van der Waals surface area contributed by atoms with E-state index in [-0.39, 0.29) is 17.9 Å². The molecule has 0 saturated carbocycles. The summed E-state index contributed by atoms with van der Waals surface area (Å²) >= 11 is 3.39. The molecule has 0 fully saturated rings. The zero-order valence-corrected chi connectivity index (χ0v) is 11.5. The zero-order valence-electron chi connectivity index (χ0n) is 9.96. The minimum Gasteiger partial charge on any atom is -0.349 e. The van der Waals surface area contributed by atoms with Gasteiger partial charge in [0.15, 0.2) is 0 Å². The highest BCUT2D eigenvalue weighted by molar-refractivity contribution is 9.10. The van der Waals surface area contributed by atoms with Crippen molar-refractivity contribution < 1.29 is 4.79 Å². The lowest BCUT2D eigenvalue weighted by molar-refractivity contribution is -0.125. The van der Waals surface area contributed by atoms with Crippen LogP contribution in [0, 0.1) is 5.92 Å². The first-order valence-corrected chi connectivity index (χ1v) is 6.39. The number of carbonyl (C=O) groups is 1. The predicted octanol–water partition coefficient (Wildman–Crippen LogP) is 3.67. The minimum atomic E-state index is 0.0644. The van der Waals surface area contributed by atoms with E-state index in [2.05, 4.69) is 21.2 Å². The highest BCUT2D eigenvalue weighted by Crippen LogP contribution is 2.17. The number of halogens is 1. The molecule has 3 heteroatoms. The van der Waals surface area contributed by atoms with Gasteiger partial charge >= 0.3 is 0 Å². The topological polar surface area (TPSA) is 29.1 Å². The fraction of sp³-hybridized carbons (Fsp3) is 0.462. The average molecular weight is 284 g/mol. The normalized spacial score (nSPS) is 14.2. The highest BCUT2D eigenvalue weighted by Gasteiger charge is 2.14. The summed E-state index contributed by atoms with van der Waals surface area (Å²) in [5, 5.41) is 3.01. The second kappa shape index (κ2) is 6.04. The van der Waals surface area contributed by atoms with Crippen LogP contribution in [0.5, 0.6) is 0 Å². The van der Waals surface area contributed by atoms with Gasteiger partial charge in [0, 0.05) is 10.4 Å². The van der Waals surface area contributed by atoms with Crippen molar-refractivity contribution in [1.29, 1.82) is 0 Å². The van der Waals surface area contributed by atoms with Crippen LogP contribution >= 0.6 is 15.9 Å². The molecule has 0 aliphatic rings. The molecule has 1 aromatic rings. The van der Waals surface area contributed by atoms with Gasteiger partial charge in [0.25, 0.3) is 0 Å². The Morgan fingerprint density at radius 1 is 1.31 bits per heavy atom. The number of hydrogen-bond acceptors (Lipinski definition) is 1. The molecular formula is C13H18BrNO. The largest absolute Gasteiger partial charge is 0.349 e. The molecule has 1 rings (SSSR count). The number of rotatable bonds is 4. The fourth-order valence-corrected chi connectivity index (χ4v) is 1.64. The Balaban J connectivity index is 2.62. The first kappa shape index (κ1) is 13.2. The molecule has 0 saturated heterocycles. The van der Waals surface area contributed by atoms with Crippen molar-refractivity contribution in [2.75, 3.05) is 0 Å². The lowest BCUT2D eigenvalue weighted by Gasteiger charge is -2.17. The van der Waals surface area contributed by atoms with Crippen molar-refractivity contribution in [3.8, 4) is 0 Å². The minimum absolute atomic E-state index is 0.0644. The van der Waals surface area contributed by atoms with E-state index in [1.807, 2.05) is 45.0 Å². The third-order valence-corrected chi connectivity index (χ3v) is 3.32. The van der Waals surface area contributed by atoms with Crippen LogP contribution in [0.15, 0.2) is 28.7 Å². The average Bonchev–Trinajstić information content (AvgIpc) is 2.28. The number of hydrogen-bond donors (Lipinski definition) is 1. The Morgan fingerprint density at radius 3 is 2.38 bits per heavy atom. The maximum Gasteiger partial charge on any atom is 0.223 e. The molecule has 16 heavy (non-hydrogen) atoms. The molecule has 0 bridgehead atoms. The van der Waals surface area contributed by atoms with E-state index in [0.29, 0.717) is 0 Å². The molecule has 1 aromatic carbocycles. The summed E-state index contributed by atoms with van der Waals surface area (Å²) in [4.78, 5) is 11.7. The molecular weight excluding hydrogens is 266 g/mol. The predicted molar refractivity (Wildman–Crippen MR) is 70.2 cm³/mol. The summed E-state index contributed by atoms with van der Waals surface area (Å²) in [6.45, 7) is 5.97. The lowest BCUT2D eigenvalue weighted by Crippen LogP contribution is -2.31. The second-order valence-corrected chi connectivity index (χ2v) is 5.01. The highest BCUT2D eigenvalue weighted by atomic mass is 79.9. The van der Waals surface area contributed by atoms with Crippen LogP contribution in [0.3, 0.4) is 0 Å². The van der Waals surface area contributed by atoms with Crippen LogP contribution in [0.4, 0.5) is 0 Å². The van der Waals surface area contributed by atoms with Crippen LogP contribution in [0.1, 0.15) is 38.8 Å². The van der Waals surface area contributed by atoms with Gasteiger partial charge in [0.1, 0.15) is 0 Å². The summed E-state index contributed by atoms with van der Waals surface area (Å²) in [7, 11) is 0. The zero-order chi connectivity index (χ0) is 12.1. The maximum absolute atomic E-state index is 11.7. The number of amides is 1. The summed E-state index contributed by atoms with van der Waals surface area (Å²) in [6.07, 6.45) is 0.874. The van der Waals surface area contributed by atoms with Gasteiger partial charge in [-0.15, -0.1) is 0 Å². The third-order valence-electron chi connectivity index (χ3n) is 2.79. The van der Waals surface area contributed by atoms with Gasteiger partial charge in [-0.05, 0) is 31.0 Å². The molecule has 88 valence electrons. The standard InChI is InChI=1S/C13H18BrNO/c1-4-9(2)13(16)15-10(3)11-5-7-12(14)8-6-11/h5-10H,4H2,1-3H3,(H,15,16). The van der Waals surface area contributed by atoms with E-state index >= 15 is 0 Å². The van der Waals surface area contributed by atoms with Crippen molar-refractivity contribution in [3.63, 3.8) is 0 Å². The summed E-state index contributed by atoms with van der Waals surface area (Å²) in [6, 6.07) is 8.08. The Hall–Kier alpha value is -0.830. The number of nitrogens with one attached hydrogen (secondary N) is 1. The van der Waals surface area contributed by atoms with Crippen molar-refractivity contribution in [1.82, 2.24) is 5.32 Å². The van der Waals surface area contributed by atoms with Crippen molar-refractivity contribution in [3.05, 3.63) is 34.3 Å². The van der Waals surface area contributed by atoms with E-state index in [0.717, 1.165) is 16.5 Å². The van der Waals surface area contributed by atoms with E-state index in [4.69, 9.17) is 0 Å². The third kappa shape index (κ3) is 3.63. The SMILES string of the molecule is CCC(C)C(=O)NC(C)c1ccc(Br)cc1. The molecule has 2 nitrogen and oxygen atoms in total. The van der Waals surface area contributed by atoms with Crippen LogP contribution in [-0.2, 0) is 4.79 Å². The van der Waals surface area contributed by atoms with Crippen molar-refractivity contribution >= 4 is 21.8 Å². The van der Waals surface area contributed by atoms with Gasteiger partial charge in [0.05, 0.1) is 6.04 Å². The van der Waals surface area contributed by atoms with Crippen molar-refractivity contribution in [2.45, 2.75) is 33.2 Å². The van der Waals surface area contributed by atoms with E-state index < -0.39 is 0 Å². The maximum atomic E-state index is 11.7. The summed E-state index contributed by atoms with van der Waals surface area (Å²) < 4.78 is 1.05. The summed E-state index contributed by atoms with van der Waals surface area (Å²) in [5.41, 5.74) is 1.12. The first-order valence-electron chi connectivity index (χ1n) is 5.60. The number of benzene rings is 1. The Kier molecular flexibility index (Phi) is 5.00. The van der Waals surface area contributed by atoms with Crippen LogP contribution in [0.25, 0.3) is 0 Å². The Morgan fingerprint density at radius 2 is 1.88 bits per heavy atom. The molecule has 2 unspecified atom stereocenters. The quantitative estimate of drug-likeness (QED) is 0.898. The molecule has 0 aliphatic heterocycles. The van der Waals surface area contributed by atoms with Gasteiger partial charge in [-0.2, -0.15) is 0 Å². The van der Waals surface area contributed by atoms with E-state index in [9.17, 15) is 4.79 Å². The molecule has 0 heterocycles. The molecule has 0 aliphatic carbocycles. The second-order valence-electron chi connectivity index (χ2n) is 4.09. The molecule has 1 amide bonds. The molecule has 1 N–H and O–H groups in total. The molecule has 0 spiro atoms. The van der Waals surface area contributed by atoms with Gasteiger partial charge < -0.3 is 5.32 Å². The van der Waals surface area contributed by atoms with Crippen LogP contribution in [-0.4, -0.2) is 5.91 Å². The fourth-order valence-electron chi connectivity index (χ4n) is 1.38. The Bertz CT molecular complexity index is 347. The molecule has 0 aromatic heterocycles.